The largest absolute Gasteiger partial charge is 0.425 e. The number of unbranched alkanes of at least 4 members (excludes halogenated alkanes) is 5. The summed E-state index contributed by atoms with van der Waals surface area (Å²) in [6, 6.07) is 6.71. The first-order valence-corrected chi connectivity index (χ1v) is 16.8. The molecular weight excluding hydrogens is 572 g/mol. The Morgan fingerprint density at radius 3 is 2.33 bits per heavy atom. The lowest BCUT2D eigenvalue weighted by Gasteiger charge is -2.33. The summed E-state index contributed by atoms with van der Waals surface area (Å²) in [5.74, 6) is 8.96. The van der Waals surface area contributed by atoms with E-state index in [0.717, 1.165) is 44.1 Å². The van der Waals surface area contributed by atoms with Gasteiger partial charge in [0.1, 0.15) is 17.3 Å². The Kier molecular flexibility index (Phi) is 17.4. The Labute approximate surface area is 277 Å². The SMILES string of the molecule is CCCCCCCC=C[C@H](O)C#CC#CC(=O)CC[C@@]1(CC=C(C)CCC=C(C)CCC=C(C)C)C(=O)Oc2ccccc2C1=O. The first-order valence-electron chi connectivity index (χ1n) is 16.8. The van der Waals surface area contributed by atoms with E-state index in [1.807, 2.05) is 19.1 Å². The molecule has 0 aromatic heterocycles. The number of para-hydroxylation sites is 1. The molecule has 246 valence electrons. The number of allylic oxidation sites excluding steroid dienone is 7. The fourth-order valence-corrected chi connectivity index (χ4v) is 5.21. The molecule has 0 spiro atoms. The average Bonchev–Trinajstić information content (AvgIpc) is 3.02. The molecular formula is C41H52O5. The number of rotatable bonds is 18. The van der Waals surface area contributed by atoms with Gasteiger partial charge in [-0.05, 0) is 115 Å². The molecule has 1 N–H and O–H groups in total. The third kappa shape index (κ3) is 13.6. The van der Waals surface area contributed by atoms with Crippen LogP contribution in [0.2, 0.25) is 0 Å². The molecule has 0 amide bonds. The average molecular weight is 625 g/mol. The molecule has 0 saturated heterocycles. The molecule has 46 heavy (non-hydrogen) atoms. The topological polar surface area (TPSA) is 80.7 Å². The Bertz CT molecular complexity index is 1430. The number of Topliss-reactive ketones (excluding diaryl/α,β-unsaturated/α-hetero) is 2. The van der Waals surface area contributed by atoms with Gasteiger partial charge < -0.3 is 9.84 Å². The normalized spacial score (nSPS) is 16.9. The number of esters is 1. The van der Waals surface area contributed by atoms with Crippen molar-refractivity contribution in [2.75, 3.05) is 0 Å². The molecule has 1 heterocycles. The summed E-state index contributed by atoms with van der Waals surface area (Å²) in [6.45, 7) is 10.5. The van der Waals surface area contributed by atoms with Crippen LogP contribution in [-0.2, 0) is 9.59 Å². The number of carbonyl (C=O) groups is 3. The molecule has 0 radical (unpaired) electrons. The quantitative estimate of drug-likeness (QED) is 0.0335. The number of ketones is 2. The van der Waals surface area contributed by atoms with Gasteiger partial charge in [0, 0.05) is 6.42 Å². The van der Waals surface area contributed by atoms with E-state index in [4.69, 9.17) is 4.74 Å². The van der Waals surface area contributed by atoms with Gasteiger partial charge in [0.2, 0.25) is 5.78 Å². The lowest BCUT2D eigenvalue weighted by atomic mass is 9.71. The lowest BCUT2D eigenvalue weighted by Crippen LogP contribution is -2.45. The number of aliphatic hydroxyl groups excluding tert-OH is 1. The van der Waals surface area contributed by atoms with Crippen molar-refractivity contribution in [3.63, 3.8) is 0 Å². The maximum atomic E-state index is 13.8. The first-order chi connectivity index (χ1) is 22.1. The fourth-order valence-electron chi connectivity index (χ4n) is 5.21. The molecule has 1 aromatic carbocycles. The van der Waals surface area contributed by atoms with Crippen LogP contribution < -0.4 is 4.74 Å². The van der Waals surface area contributed by atoms with Crippen LogP contribution in [0.15, 0.2) is 71.4 Å². The highest BCUT2D eigenvalue weighted by Gasteiger charge is 2.50. The number of aliphatic hydroxyl groups is 1. The van der Waals surface area contributed by atoms with Crippen molar-refractivity contribution < 1.29 is 24.2 Å². The van der Waals surface area contributed by atoms with Crippen LogP contribution >= 0.6 is 0 Å². The van der Waals surface area contributed by atoms with Crippen molar-refractivity contribution in [2.45, 2.75) is 124 Å². The van der Waals surface area contributed by atoms with E-state index in [1.165, 1.54) is 36.8 Å². The first kappa shape index (κ1) is 38.3. The smallest absolute Gasteiger partial charge is 0.325 e. The van der Waals surface area contributed by atoms with E-state index in [0.29, 0.717) is 5.56 Å². The standard InChI is InChI=1S/C41H52O5/c1-6-7-8-9-10-11-12-23-35(42)24-13-14-25-36(43)29-31-41(39(44)37-26-15-16-27-38(37)46-40(41)45)30-28-34(5)22-18-21-33(4)20-17-19-32(2)3/h12,15-16,19,21,23,26-28,35,42H,6-11,17-18,20,22,29-31H2,1-5H3/t35-,41+/m0/s1. The van der Waals surface area contributed by atoms with Gasteiger partial charge in [0.05, 0.1) is 5.56 Å². The Balaban J connectivity index is 2.06. The third-order valence-electron chi connectivity index (χ3n) is 8.14. The second-order valence-corrected chi connectivity index (χ2v) is 12.5. The van der Waals surface area contributed by atoms with Gasteiger partial charge >= 0.3 is 5.97 Å². The Morgan fingerprint density at radius 2 is 1.59 bits per heavy atom. The van der Waals surface area contributed by atoms with Crippen molar-refractivity contribution in [1.29, 1.82) is 0 Å². The predicted molar refractivity (Wildman–Crippen MR) is 187 cm³/mol. The monoisotopic (exact) mass is 624 g/mol. The van der Waals surface area contributed by atoms with Crippen LogP contribution in [0.4, 0.5) is 0 Å². The minimum absolute atomic E-state index is 0.0171. The minimum atomic E-state index is -1.51. The van der Waals surface area contributed by atoms with Crippen molar-refractivity contribution in [3.05, 3.63) is 76.9 Å². The van der Waals surface area contributed by atoms with Crippen molar-refractivity contribution in [3.8, 4) is 29.4 Å². The molecule has 1 aromatic rings. The molecule has 5 heteroatoms. The molecule has 0 bridgehead atoms. The highest BCUT2D eigenvalue weighted by atomic mass is 16.5. The molecule has 0 saturated carbocycles. The number of ether oxygens (including phenoxy) is 1. The summed E-state index contributed by atoms with van der Waals surface area (Å²) in [6.07, 6.45) is 19.6. The summed E-state index contributed by atoms with van der Waals surface area (Å²) < 4.78 is 5.63. The highest BCUT2D eigenvalue weighted by molar-refractivity contribution is 6.17. The van der Waals surface area contributed by atoms with Crippen LogP contribution in [0, 0.1) is 29.1 Å². The zero-order chi connectivity index (χ0) is 33.8. The maximum absolute atomic E-state index is 13.8. The molecule has 2 rings (SSSR count). The third-order valence-corrected chi connectivity index (χ3v) is 8.14. The van der Waals surface area contributed by atoms with E-state index in [2.05, 4.69) is 63.5 Å². The highest BCUT2D eigenvalue weighted by Crippen LogP contribution is 2.42. The van der Waals surface area contributed by atoms with Gasteiger partial charge in [-0.15, -0.1) is 0 Å². The molecule has 0 unspecified atom stereocenters. The summed E-state index contributed by atoms with van der Waals surface area (Å²) in [5, 5.41) is 10.0. The van der Waals surface area contributed by atoms with Crippen LogP contribution in [0.5, 0.6) is 5.75 Å². The van der Waals surface area contributed by atoms with E-state index < -0.39 is 23.3 Å². The van der Waals surface area contributed by atoms with Crippen molar-refractivity contribution in [1.82, 2.24) is 0 Å². The number of hydrogen-bond donors (Lipinski definition) is 1. The zero-order valence-electron chi connectivity index (χ0n) is 28.5. The minimum Gasteiger partial charge on any atom is -0.425 e. The van der Waals surface area contributed by atoms with Gasteiger partial charge in [-0.3, -0.25) is 14.4 Å². The Morgan fingerprint density at radius 1 is 0.891 bits per heavy atom. The summed E-state index contributed by atoms with van der Waals surface area (Å²) in [4.78, 5) is 39.9. The second-order valence-electron chi connectivity index (χ2n) is 12.5. The van der Waals surface area contributed by atoms with E-state index in [-0.39, 0.29) is 30.8 Å². The molecule has 5 nitrogen and oxygen atoms in total. The summed E-state index contributed by atoms with van der Waals surface area (Å²) in [5.41, 5.74) is 2.57. The van der Waals surface area contributed by atoms with Crippen LogP contribution in [-0.4, -0.2) is 28.7 Å². The maximum Gasteiger partial charge on any atom is 0.325 e. The summed E-state index contributed by atoms with van der Waals surface area (Å²) >= 11 is 0. The van der Waals surface area contributed by atoms with Gasteiger partial charge in [0.15, 0.2) is 5.78 Å². The van der Waals surface area contributed by atoms with Gasteiger partial charge in [-0.1, -0.05) is 91.7 Å². The Hall–Kier alpha value is -3.93. The van der Waals surface area contributed by atoms with E-state index >= 15 is 0 Å². The van der Waals surface area contributed by atoms with Gasteiger partial charge in [-0.25, -0.2) is 0 Å². The number of carbonyl (C=O) groups excluding carboxylic acids is 3. The van der Waals surface area contributed by atoms with Gasteiger partial charge in [-0.2, -0.15) is 0 Å². The van der Waals surface area contributed by atoms with E-state index in [9.17, 15) is 19.5 Å². The van der Waals surface area contributed by atoms with Crippen LogP contribution in [0.1, 0.15) is 128 Å². The molecule has 2 atom stereocenters. The van der Waals surface area contributed by atoms with Crippen LogP contribution in [0.25, 0.3) is 0 Å². The molecule has 0 aliphatic carbocycles. The number of benzene rings is 1. The van der Waals surface area contributed by atoms with Gasteiger partial charge in [0.25, 0.3) is 0 Å². The molecule has 1 aliphatic rings. The number of hydrogen-bond acceptors (Lipinski definition) is 5. The van der Waals surface area contributed by atoms with Crippen LogP contribution in [0.3, 0.4) is 0 Å². The zero-order valence-corrected chi connectivity index (χ0v) is 28.5. The molecule has 1 aliphatic heterocycles. The van der Waals surface area contributed by atoms with Crippen molar-refractivity contribution >= 4 is 17.5 Å². The van der Waals surface area contributed by atoms with E-state index in [1.54, 1.807) is 30.3 Å². The lowest BCUT2D eigenvalue weighted by molar-refractivity contribution is -0.144. The van der Waals surface area contributed by atoms with Crippen molar-refractivity contribution in [2.24, 2.45) is 5.41 Å². The number of fused-ring (bicyclic) bond motifs is 1. The molecule has 0 fully saturated rings. The predicted octanol–water partition coefficient (Wildman–Crippen LogP) is 9.22. The second kappa shape index (κ2) is 21.0. The summed E-state index contributed by atoms with van der Waals surface area (Å²) in [7, 11) is 0. The fraction of sp³-hybridized carbons (Fsp3) is 0.488.